The lowest BCUT2D eigenvalue weighted by Gasteiger charge is -2.11. The molecule has 0 atom stereocenters. The number of rotatable bonds is 4. The standard InChI is InChI=1S/C48H30N2O/c1-3-13-34(14-4-1)49-44-21-11-8-18-37(44)41-27-31(24-26-45(41)49)33-28-40(48-42(29-33)39-19-9-12-22-47(39)51-48)32-23-25-38-36-17-7-10-20-43(36)50(46(38)30-32)35-15-5-2-6-16-35/h1-30H. The second-order valence-corrected chi connectivity index (χ2v) is 13.3. The summed E-state index contributed by atoms with van der Waals surface area (Å²) in [6, 6.07) is 65.5. The third-order valence-corrected chi connectivity index (χ3v) is 10.5. The fraction of sp³-hybridized carbons (Fsp3) is 0. The maximum atomic E-state index is 6.68. The highest BCUT2D eigenvalue weighted by Gasteiger charge is 2.19. The SMILES string of the molecule is c1ccc(-n2c3ccccc3c3cc(-c4cc(-c5ccc6c7ccccc7n(-c7ccccc7)c6c5)c5oc6ccccc6c5c4)ccc32)cc1. The summed E-state index contributed by atoms with van der Waals surface area (Å²) in [5.41, 5.74) is 13.4. The molecule has 0 fully saturated rings. The number of nitrogens with zero attached hydrogens (tertiary/aromatic N) is 2. The number of hydrogen-bond acceptors (Lipinski definition) is 1. The molecule has 11 rings (SSSR count). The van der Waals surface area contributed by atoms with Crippen LogP contribution in [0.5, 0.6) is 0 Å². The van der Waals surface area contributed by atoms with E-state index < -0.39 is 0 Å². The number of fused-ring (bicyclic) bond motifs is 9. The Morgan fingerprint density at radius 2 is 0.843 bits per heavy atom. The molecule has 0 spiro atoms. The van der Waals surface area contributed by atoms with E-state index in [4.69, 9.17) is 4.42 Å². The third kappa shape index (κ3) is 4.19. The van der Waals surface area contributed by atoms with Gasteiger partial charge in [-0.05, 0) is 89.5 Å². The first kappa shape index (κ1) is 28.0. The van der Waals surface area contributed by atoms with Gasteiger partial charge < -0.3 is 13.6 Å². The minimum atomic E-state index is 0.895. The predicted molar refractivity (Wildman–Crippen MR) is 213 cm³/mol. The van der Waals surface area contributed by atoms with Gasteiger partial charge in [-0.3, -0.25) is 0 Å². The van der Waals surface area contributed by atoms with E-state index in [1.807, 2.05) is 6.07 Å². The maximum Gasteiger partial charge on any atom is 0.143 e. The molecule has 11 aromatic rings. The van der Waals surface area contributed by atoms with E-state index >= 15 is 0 Å². The van der Waals surface area contributed by atoms with Crippen molar-refractivity contribution in [2.45, 2.75) is 0 Å². The van der Waals surface area contributed by atoms with Gasteiger partial charge in [0, 0.05) is 49.3 Å². The van der Waals surface area contributed by atoms with Crippen molar-refractivity contribution in [3.8, 4) is 33.6 Å². The molecule has 0 amide bonds. The molecule has 0 bridgehead atoms. The maximum absolute atomic E-state index is 6.68. The van der Waals surface area contributed by atoms with Gasteiger partial charge in [-0.2, -0.15) is 0 Å². The molecule has 3 nitrogen and oxygen atoms in total. The lowest BCUT2D eigenvalue weighted by molar-refractivity contribution is 0.670. The number of aromatic nitrogens is 2. The van der Waals surface area contributed by atoms with Crippen molar-refractivity contribution in [2.24, 2.45) is 0 Å². The molecular weight excluding hydrogens is 621 g/mol. The van der Waals surface area contributed by atoms with Gasteiger partial charge >= 0.3 is 0 Å². The van der Waals surface area contributed by atoms with Crippen molar-refractivity contribution in [3.05, 3.63) is 182 Å². The Morgan fingerprint density at radius 3 is 1.57 bits per heavy atom. The number of para-hydroxylation sites is 5. The van der Waals surface area contributed by atoms with Crippen LogP contribution in [0.3, 0.4) is 0 Å². The van der Waals surface area contributed by atoms with Crippen molar-refractivity contribution in [1.82, 2.24) is 9.13 Å². The van der Waals surface area contributed by atoms with Crippen LogP contribution in [0.4, 0.5) is 0 Å². The van der Waals surface area contributed by atoms with E-state index in [1.165, 1.54) is 49.2 Å². The molecule has 0 N–H and O–H groups in total. The average Bonchev–Trinajstić information content (AvgIpc) is 3.85. The Balaban J connectivity index is 1.18. The number of hydrogen-bond donors (Lipinski definition) is 0. The summed E-state index contributed by atoms with van der Waals surface area (Å²) in [6.45, 7) is 0. The zero-order chi connectivity index (χ0) is 33.5. The lowest BCUT2D eigenvalue weighted by atomic mass is 9.94. The quantitative estimate of drug-likeness (QED) is 0.186. The van der Waals surface area contributed by atoms with Crippen molar-refractivity contribution in [1.29, 1.82) is 0 Å². The van der Waals surface area contributed by atoms with E-state index in [-0.39, 0.29) is 0 Å². The highest BCUT2D eigenvalue weighted by atomic mass is 16.3. The molecule has 0 aliphatic heterocycles. The molecule has 3 aromatic heterocycles. The first-order chi connectivity index (χ1) is 25.3. The van der Waals surface area contributed by atoms with Crippen LogP contribution >= 0.6 is 0 Å². The fourth-order valence-corrected chi connectivity index (χ4v) is 8.21. The predicted octanol–water partition coefficient (Wildman–Crippen LogP) is 13.1. The highest BCUT2D eigenvalue weighted by molar-refractivity contribution is 6.15. The van der Waals surface area contributed by atoms with Gasteiger partial charge in [-0.25, -0.2) is 0 Å². The molecule has 0 aliphatic rings. The van der Waals surface area contributed by atoms with Gasteiger partial charge in [0.1, 0.15) is 11.2 Å². The Hall–Kier alpha value is -6.84. The Morgan fingerprint density at radius 1 is 0.314 bits per heavy atom. The van der Waals surface area contributed by atoms with Crippen LogP contribution in [0.25, 0.3) is 99.2 Å². The molecule has 0 radical (unpaired) electrons. The van der Waals surface area contributed by atoms with Gasteiger partial charge in [0.05, 0.1) is 22.1 Å². The molecule has 0 saturated carbocycles. The number of furan rings is 1. The van der Waals surface area contributed by atoms with Gasteiger partial charge in [0.15, 0.2) is 0 Å². The van der Waals surface area contributed by atoms with Crippen molar-refractivity contribution in [2.75, 3.05) is 0 Å². The lowest BCUT2D eigenvalue weighted by Crippen LogP contribution is -1.93. The molecule has 0 unspecified atom stereocenters. The molecule has 8 aromatic carbocycles. The molecule has 0 saturated heterocycles. The van der Waals surface area contributed by atoms with Crippen LogP contribution in [0, 0.1) is 0 Å². The van der Waals surface area contributed by atoms with Crippen molar-refractivity contribution in [3.63, 3.8) is 0 Å². The monoisotopic (exact) mass is 650 g/mol. The van der Waals surface area contributed by atoms with Crippen LogP contribution in [0.15, 0.2) is 186 Å². The fourth-order valence-electron chi connectivity index (χ4n) is 8.21. The first-order valence-electron chi connectivity index (χ1n) is 17.4. The van der Waals surface area contributed by atoms with Crippen LogP contribution < -0.4 is 0 Å². The summed E-state index contributed by atoms with van der Waals surface area (Å²) in [7, 11) is 0. The summed E-state index contributed by atoms with van der Waals surface area (Å²) in [5.74, 6) is 0. The topological polar surface area (TPSA) is 23.0 Å². The van der Waals surface area contributed by atoms with E-state index in [0.717, 1.165) is 50.0 Å². The molecule has 3 heteroatoms. The second kappa shape index (κ2) is 10.8. The zero-order valence-corrected chi connectivity index (χ0v) is 27.6. The molecule has 0 aliphatic carbocycles. The molecule has 51 heavy (non-hydrogen) atoms. The van der Waals surface area contributed by atoms with Gasteiger partial charge in [0.2, 0.25) is 0 Å². The van der Waals surface area contributed by atoms with Crippen molar-refractivity contribution < 1.29 is 4.42 Å². The van der Waals surface area contributed by atoms with Gasteiger partial charge in [-0.1, -0.05) is 109 Å². The second-order valence-electron chi connectivity index (χ2n) is 13.3. The minimum absolute atomic E-state index is 0.895. The summed E-state index contributed by atoms with van der Waals surface area (Å²) in [5, 5.41) is 7.20. The van der Waals surface area contributed by atoms with E-state index in [9.17, 15) is 0 Å². The molecule has 3 heterocycles. The molecular formula is C48H30N2O. The van der Waals surface area contributed by atoms with Crippen LogP contribution in [0.1, 0.15) is 0 Å². The average molecular weight is 651 g/mol. The number of benzene rings is 8. The smallest absolute Gasteiger partial charge is 0.143 e. The summed E-state index contributed by atoms with van der Waals surface area (Å²) in [6.07, 6.45) is 0. The zero-order valence-electron chi connectivity index (χ0n) is 27.6. The third-order valence-electron chi connectivity index (χ3n) is 10.5. The summed E-state index contributed by atoms with van der Waals surface area (Å²) >= 11 is 0. The Labute approximate surface area is 293 Å². The van der Waals surface area contributed by atoms with E-state index in [0.29, 0.717) is 0 Å². The first-order valence-corrected chi connectivity index (χ1v) is 17.4. The van der Waals surface area contributed by atoms with Gasteiger partial charge in [-0.15, -0.1) is 0 Å². The largest absolute Gasteiger partial charge is 0.455 e. The van der Waals surface area contributed by atoms with Crippen LogP contribution in [-0.4, -0.2) is 9.13 Å². The summed E-state index contributed by atoms with van der Waals surface area (Å²) in [4.78, 5) is 0. The Kier molecular flexibility index (Phi) is 5.96. The van der Waals surface area contributed by atoms with E-state index in [1.54, 1.807) is 0 Å². The van der Waals surface area contributed by atoms with Gasteiger partial charge in [0.25, 0.3) is 0 Å². The minimum Gasteiger partial charge on any atom is -0.455 e. The van der Waals surface area contributed by atoms with Crippen LogP contribution in [0.2, 0.25) is 0 Å². The highest BCUT2D eigenvalue weighted by Crippen LogP contribution is 2.43. The van der Waals surface area contributed by atoms with E-state index in [2.05, 4.69) is 185 Å². The van der Waals surface area contributed by atoms with Crippen molar-refractivity contribution >= 4 is 65.6 Å². The summed E-state index contributed by atoms with van der Waals surface area (Å²) < 4.78 is 11.4. The Bertz CT molecular complexity index is 3130. The molecule has 238 valence electrons. The van der Waals surface area contributed by atoms with Crippen LogP contribution in [-0.2, 0) is 0 Å². The normalized spacial score (nSPS) is 11.9.